The Hall–Kier alpha value is -2.75. The zero-order chi connectivity index (χ0) is 23.3. The molecule has 8 nitrogen and oxygen atoms in total. The SMILES string of the molecule is O=C(CN1CCN(S(=O)(=O)c2ccc3c(c2)CCCC3)CC1)NC(=O)NCc1ccccc1. The summed E-state index contributed by atoms with van der Waals surface area (Å²) in [5, 5.41) is 4.99. The highest BCUT2D eigenvalue weighted by Crippen LogP contribution is 2.26. The first-order chi connectivity index (χ1) is 15.9. The summed E-state index contributed by atoms with van der Waals surface area (Å²) in [6.07, 6.45) is 4.20. The van der Waals surface area contributed by atoms with Crippen LogP contribution < -0.4 is 10.6 Å². The molecular weight excluding hydrogens is 440 g/mol. The molecule has 1 aliphatic heterocycles. The number of nitrogens with one attached hydrogen (secondary N) is 2. The third kappa shape index (κ3) is 5.98. The molecule has 3 amide bonds. The van der Waals surface area contributed by atoms with Crippen LogP contribution in [0.15, 0.2) is 53.4 Å². The molecule has 33 heavy (non-hydrogen) atoms. The van der Waals surface area contributed by atoms with Gasteiger partial charge in [-0.15, -0.1) is 0 Å². The third-order valence-corrected chi connectivity index (χ3v) is 8.10. The predicted octanol–water partition coefficient (Wildman–Crippen LogP) is 1.90. The van der Waals surface area contributed by atoms with Gasteiger partial charge in [-0.05, 0) is 54.5 Å². The number of nitrogens with zero attached hydrogens (tertiary/aromatic N) is 2. The van der Waals surface area contributed by atoms with Crippen molar-refractivity contribution in [2.45, 2.75) is 37.1 Å². The lowest BCUT2D eigenvalue weighted by molar-refractivity contribution is -0.121. The van der Waals surface area contributed by atoms with Crippen molar-refractivity contribution < 1.29 is 18.0 Å². The van der Waals surface area contributed by atoms with Crippen LogP contribution in [0.25, 0.3) is 0 Å². The molecule has 176 valence electrons. The van der Waals surface area contributed by atoms with E-state index in [0.29, 0.717) is 37.6 Å². The molecule has 0 atom stereocenters. The number of carbonyl (C=O) groups excluding carboxylic acids is 2. The summed E-state index contributed by atoms with van der Waals surface area (Å²) in [6.45, 7) is 1.87. The Balaban J connectivity index is 1.24. The molecule has 2 aliphatic rings. The fourth-order valence-corrected chi connectivity index (χ4v) is 5.81. The van der Waals surface area contributed by atoms with Gasteiger partial charge in [-0.3, -0.25) is 15.0 Å². The summed E-state index contributed by atoms with van der Waals surface area (Å²) in [4.78, 5) is 26.4. The molecule has 0 bridgehead atoms. The van der Waals surface area contributed by atoms with Gasteiger partial charge in [0.2, 0.25) is 15.9 Å². The van der Waals surface area contributed by atoms with E-state index in [1.54, 1.807) is 6.07 Å². The van der Waals surface area contributed by atoms with Crippen LogP contribution in [0.5, 0.6) is 0 Å². The Morgan fingerprint density at radius 1 is 0.879 bits per heavy atom. The van der Waals surface area contributed by atoms with Crippen molar-refractivity contribution in [3.05, 3.63) is 65.2 Å². The van der Waals surface area contributed by atoms with Crippen LogP contribution in [0.3, 0.4) is 0 Å². The van der Waals surface area contributed by atoms with Crippen LogP contribution in [-0.4, -0.2) is 62.3 Å². The normalized spacial score (nSPS) is 17.2. The van der Waals surface area contributed by atoms with Crippen LogP contribution >= 0.6 is 0 Å². The van der Waals surface area contributed by atoms with Gasteiger partial charge < -0.3 is 5.32 Å². The molecule has 1 fully saturated rings. The minimum atomic E-state index is -3.56. The molecule has 0 aromatic heterocycles. The molecule has 2 aromatic carbocycles. The van der Waals surface area contributed by atoms with Crippen molar-refractivity contribution in [3.63, 3.8) is 0 Å². The molecule has 0 radical (unpaired) electrons. The van der Waals surface area contributed by atoms with Crippen molar-refractivity contribution in [3.8, 4) is 0 Å². The van der Waals surface area contributed by atoms with Crippen molar-refractivity contribution in [2.75, 3.05) is 32.7 Å². The smallest absolute Gasteiger partial charge is 0.321 e. The first kappa shape index (κ1) is 23.4. The molecule has 1 heterocycles. The lowest BCUT2D eigenvalue weighted by atomic mass is 9.92. The number of hydrogen-bond donors (Lipinski definition) is 2. The largest absolute Gasteiger partial charge is 0.334 e. The zero-order valence-corrected chi connectivity index (χ0v) is 19.4. The quantitative estimate of drug-likeness (QED) is 0.672. The van der Waals surface area contributed by atoms with E-state index in [9.17, 15) is 18.0 Å². The number of aryl methyl sites for hydroxylation is 2. The molecule has 1 aliphatic carbocycles. The van der Waals surface area contributed by atoms with E-state index in [1.165, 1.54) is 9.87 Å². The molecule has 0 spiro atoms. The van der Waals surface area contributed by atoms with Crippen molar-refractivity contribution in [1.82, 2.24) is 19.8 Å². The number of carbonyl (C=O) groups is 2. The molecule has 2 aromatic rings. The molecular formula is C24H30N4O4S. The standard InChI is InChI=1S/C24H30N4O4S/c29-23(26-24(30)25-17-19-6-2-1-3-7-19)18-27-12-14-28(15-13-27)33(31,32)22-11-10-20-8-4-5-9-21(20)16-22/h1-3,6-7,10-11,16H,4-5,8-9,12-15,17-18H2,(H2,25,26,29,30). The van der Waals surface area contributed by atoms with E-state index in [1.807, 2.05) is 47.4 Å². The summed E-state index contributed by atoms with van der Waals surface area (Å²) in [7, 11) is -3.56. The Morgan fingerprint density at radius 2 is 1.58 bits per heavy atom. The first-order valence-corrected chi connectivity index (χ1v) is 12.8. The number of hydrogen-bond acceptors (Lipinski definition) is 5. The van der Waals surface area contributed by atoms with E-state index >= 15 is 0 Å². The van der Waals surface area contributed by atoms with Crippen LogP contribution in [0.1, 0.15) is 29.5 Å². The number of benzene rings is 2. The summed E-state index contributed by atoms with van der Waals surface area (Å²) < 4.78 is 27.7. The van der Waals surface area contributed by atoms with Crippen LogP contribution in [-0.2, 0) is 34.2 Å². The summed E-state index contributed by atoms with van der Waals surface area (Å²) in [5.41, 5.74) is 3.34. The Kier molecular flexibility index (Phi) is 7.42. The summed E-state index contributed by atoms with van der Waals surface area (Å²) >= 11 is 0. The molecule has 4 rings (SSSR count). The maximum atomic E-state index is 13.1. The minimum Gasteiger partial charge on any atom is -0.334 e. The topological polar surface area (TPSA) is 98.8 Å². The second-order valence-corrected chi connectivity index (χ2v) is 10.5. The number of piperazine rings is 1. The highest BCUT2D eigenvalue weighted by atomic mass is 32.2. The number of sulfonamides is 1. The van der Waals surface area contributed by atoms with Gasteiger partial charge in [0.05, 0.1) is 11.4 Å². The van der Waals surface area contributed by atoms with Gasteiger partial charge in [0, 0.05) is 32.7 Å². The number of rotatable bonds is 6. The van der Waals surface area contributed by atoms with Crippen LogP contribution in [0, 0.1) is 0 Å². The molecule has 0 saturated carbocycles. The third-order valence-electron chi connectivity index (χ3n) is 6.21. The molecule has 1 saturated heterocycles. The number of urea groups is 1. The van der Waals surface area contributed by atoms with E-state index < -0.39 is 22.0 Å². The van der Waals surface area contributed by atoms with Gasteiger partial charge in [0.15, 0.2) is 0 Å². The maximum Gasteiger partial charge on any atom is 0.321 e. The Bertz CT molecular complexity index is 1100. The summed E-state index contributed by atoms with van der Waals surface area (Å²) in [6, 6.07) is 14.4. The fourth-order valence-electron chi connectivity index (χ4n) is 4.34. The lowest BCUT2D eigenvalue weighted by Gasteiger charge is -2.33. The highest BCUT2D eigenvalue weighted by Gasteiger charge is 2.30. The predicted molar refractivity (Wildman–Crippen MR) is 125 cm³/mol. The zero-order valence-electron chi connectivity index (χ0n) is 18.6. The van der Waals surface area contributed by atoms with E-state index in [4.69, 9.17) is 0 Å². The fraction of sp³-hybridized carbons (Fsp3) is 0.417. The van der Waals surface area contributed by atoms with Gasteiger partial charge in [-0.25, -0.2) is 13.2 Å². The average molecular weight is 471 g/mol. The maximum absolute atomic E-state index is 13.1. The summed E-state index contributed by atoms with van der Waals surface area (Å²) in [5.74, 6) is -0.411. The van der Waals surface area contributed by atoms with E-state index in [0.717, 1.165) is 36.8 Å². The van der Waals surface area contributed by atoms with Gasteiger partial charge in [0.1, 0.15) is 0 Å². The van der Waals surface area contributed by atoms with Gasteiger partial charge in [-0.1, -0.05) is 36.4 Å². The Labute approximate surface area is 195 Å². The second-order valence-electron chi connectivity index (χ2n) is 8.53. The highest BCUT2D eigenvalue weighted by molar-refractivity contribution is 7.89. The Morgan fingerprint density at radius 3 is 2.30 bits per heavy atom. The molecule has 9 heteroatoms. The monoisotopic (exact) mass is 470 g/mol. The van der Waals surface area contributed by atoms with Gasteiger partial charge in [0.25, 0.3) is 0 Å². The second kappa shape index (κ2) is 10.5. The van der Waals surface area contributed by atoms with E-state index in [2.05, 4.69) is 10.6 Å². The van der Waals surface area contributed by atoms with Gasteiger partial charge >= 0.3 is 6.03 Å². The number of imide groups is 1. The number of fused-ring (bicyclic) bond motifs is 1. The molecule has 2 N–H and O–H groups in total. The van der Waals surface area contributed by atoms with E-state index in [-0.39, 0.29) is 6.54 Å². The van der Waals surface area contributed by atoms with Crippen molar-refractivity contribution >= 4 is 22.0 Å². The minimum absolute atomic E-state index is 0.0471. The number of amides is 3. The average Bonchev–Trinajstić information content (AvgIpc) is 2.83. The lowest BCUT2D eigenvalue weighted by Crippen LogP contribution is -2.52. The van der Waals surface area contributed by atoms with Crippen LogP contribution in [0.4, 0.5) is 4.79 Å². The van der Waals surface area contributed by atoms with Gasteiger partial charge in [-0.2, -0.15) is 4.31 Å². The first-order valence-electron chi connectivity index (χ1n) is 11.4. The van der Waals surface area contributed by atoms with Crippen LogP contribution in [0.2, 0.25) is 0 Å². The van der Waals surface area contributed by atoms with Crippen molar-refractivity contribution in [2.24, 2.45) is 0 Å². The molecule has 0 unspecified atom stereocenters. The van der Waals surface area contributed by atoms with Crippen molar-refractivity contribution in [1.29, 1.82) is 0 Å².